The van der Waals surface area contributed by atoms with Crippen molar-refractivity contribution in [3.8, 4) is 11.8 Å². The maximum absolute atomic E-state index is 13.4. The van der Waals surface area contributed by atoms with Crippen LogP contribution in [-0.2, 0) is 0 Å². The van der Waals surface area contributed by atoms with Crippen LogP contribution in [0.15, 0.2) is 29.4 Å². The number of amides is 2. The smallest absolute Gasteiger partial charge is 0.380 e. The van der Waals surface area contributed by atoms with E-state index in [0.717, 1.165) is 23.9 Å². The predicted molar refractivity (Wildman–Crippen MR) is 132 cm³/mol. The van der Waals surface area contributed by atoms with Gasteiger partial charge in [-0.25, -0.2) is 4.79 Å². The number of anilines is 1. The number of carbonyl (C=O) groups excluding carboxylic acids is 1. The van der Waals surface area contributed by atoms with Crippen molar-refractivity contribution in [2.45, 2.75) is 62.0 Å². The number of hydrogen-bond donors (Lipinski definition) is 3. The van der Waals surface area contributed by atoms with Crippen molar-refractivity contribution in [2.75, 3.05) is 18.9 Å². The van der Waals surface area contributed by atoms with Crippen molar-refractivity contribution in [1.82, 2.24) is 15.0 Å². The highest BCUT2D eigenvalue weighted by atomic mass is 32.2. The number of fused-ring (bicyclic) bond motifs is 2. The Hall–Kier alpha value is -2.47. The zero-order valence-corrected chi connectivity index (χ0v) is 20.8. The predicted octanol–water partition coefficient (Wildman–Crippen LogP) is 5.85. The summed E-state index contributed by atoms with van der Waals surface area (Å²) in [5.41, 5.74) is -2.15. The molecule has 3 aliphatic rings. The van der Waals surface area contributed by atoms with Gasteiger partial charge in [0.2, 0.25) is 0 Å². The minimum absolute atomic E-state index is 0.0379. The zero-order valence-electron chi connectivity index (χ0n) is 20.0. The lowest BCUT2D eigenvalue weighted by atomic mass is 9.77. The van der Waals surface area contributed by atoms with E-state index < -0.39 is 11.5 Å². The molecular weight excluding hydrogens is 473 g/mol. The number of halogens is 3. The second-order valence-electron chi connectivity index (χ2n) is 10.4. The largest absolute Gasteiger partial charge is 0.447 e. The Morgan fingerprint density at radius 3 is 2.89 bits per heavy atom. The molecule has 0 radical (unpaired) electrons. The highest BCUT2D eigenvalue weighted by molar-refractivity contribution is 8.00. The van der Waals surface area contributed by atoms with Crippen molar-refractivity contribution < 1.29 is 18.0 Å². The van der Waals surface area contributed by atoms with Gasteiger partial charge in [0.15, 0.2) is 0 Å². The lowest BCUT2D eigenvalue weighted by Crippen LogP contribution is -2.32. The summed E-state index contributed by atoms with van der Waals surface area (Å²) in [5.74, 6) is 7.85. The fraction of sp³-hybridized carbons (Fsp3) is 0.577. The quantitative estimate of drug-likeness (QED) is 0.362. The first-order chi connectivity index (χ1) is 16.7. The number of hydrogen-bond acceptors (Lipinski definition) is 3. The molecule has 5 rings (SSSR count). The topological polar surface area (TPSA) is 57.6 Å². The van der Waals surface area contributed by atoms with Crippen LogP contribution in [0.5, 0.6) is 0 Å². The first-order valence-electron chi connectivity index (χ1n) is 12.3. The summed E-state index contributed by atoms with van der Waals surface area (Å²) in [6, 6.07) is 5.41. The molecule has 0 spiro atoms. The molecular formula is C26H31F3N4OS. The number of nitrogens with zero attached hydrogens (tertiary/aromatic N) is 1. The minimum atomic E-state index is -4.44. The van der Waals surface area contributed by atoms with Crippen LogP contribution in [0.2, 0.25) is 0 Å². The van der Waals surface area contributed by atoms with Crippen molar-refractivity contribution in [1.29, 1.82) is 0 Å². The van der Waals surface area contributed by atoms with Gasteiger partial charge < -0.3 is 20.4 Å². The van der Waals surface area contributed by atoms with Gasteiger partial charge in [-0.05, 0) is 79.9 Å². The first kappa shape index (κ1) is 24.2. The monoisotopic (exact) mass is 504 g/mol. The van der Waals surface area contributed by atoms with Crippen molar-refractivity contribution in [3.05, 3.63) is 30.0 Å². The van der Waals surface area contributed by atoms with Crippen LogP contribution in [-0.4, -0.2) is 35.6 Å². The van der Waals surface area contributed by atoms with Crippen LogP contribution >= 0.6 is 11.8 Å². The Morgan fingerprint density at radius 1 is 1.29 bits per heavy atom. The van der Waals surface area contributed by atoms with Crippen molar-refractivity contribution in [2.24, 2.45) is 23.2 Å². The van der Waals surface area contributed by atoms with E-state index in [1.54, 1.807) is 22.7 Å². The molecule has 9 heteroatoms. The summed E-state index contributed by atoms with van der Waals surface area (Å²) in [6.07, 6.45) is 9.14. The van der Waals surface area contributed by atoms with Crippen LogP contribution in [0.4, 0.5) is 23.7 Å². The molecule has 2 aromatic rings. The summed E-state index contributed by atoms with van der Waals surface area (Å²) >= 11 is -0.157. The Bertz CT molecular complexity index is 1180. The maximum atomic E-state index is 13.4. The van der Waals surface area contributed by atoms with Crippen molar-refractivity contribution in [3.63, 3.8) is 0 Å². The zero-order chi connectivity index (χ0) is 24.8. The summed E-state index contributed by atoms with van der Waals surface area (Å²) in [6.45, 7) is 2.50. The average Bonchev–Trinajstić information content (AvgIpc) is 3.39. The Balaban J connectivity index is 1.44. The number of carbonyl (C=O) groups is 1. The van der Waals surface area contributed by atoms with E-state index in [4.69, 9.17) is 0 Å². The van der Waals surface area contributed by atoms with Crippen LogP contribution in [0.3, 0.4) is 0 Å². The van der Waals surface area contributed by atoms with Gasteiger partial charge in [0.1, 0.15) is 5.03 Å². The summed E-state index contributed by atoms with van der Waals surface area (Å²) in [4.78, 5) is 11.3. The van der Waals surface area contributed by atoms with Crippen LogP contribution in [0, 0.1) is 35.0 Å². The summed E-state index contributed by atoms with van der Waals surface area (Å²) in [7, 11) is 1.49. The minimum Gasteiger partial charge on any atom is -0.380 e. The molecule has 3 aliphatic carbocycles. The van der Waals surface area contributed by atoms with Crippen LogP contribution in [0.1, 0.15) is 51.0 Å². The SMILES string of the molecule is CNC(=O)NCC#Cc1cc2c(N[C@@H]3CC[C@@H]4CC[C@@]5(C)C[C@H]3CC45)cccn2c1SC(F)(F)F. The van der Waals surface area contributed by atoms with Crippen LogP contribution < -0.4 is 16.0 Å². The van der Waals surface area contributed by atoms with Gasteiger partial charge in [-0.3, -0.25) is 0 Å². The lowest BCUT2D eigenvalue weighted by Gasteiger charge is -2.30. The summed E-state index contributed by atoms with van der Waals surface area (Å²) in [5, 5.41) is 8.74. The highest BCUT2D eigenvalue weighted by Crippen LogP contribution is 2.62. The van der Waals surface area contributed by atoms with Crippen molar-refractivity contribution >= 4 is 29.0 Å². The number of thioether (sulfide) groups is 1. The van der Waals surface area contributed by atoms with Gasteiger partial charge >= 0.3 is 11.5 Å². The van der Waals surface area contributed by atoms with Gasteiger partial charge in [0.05, 0.1) is 23.3 Å². The molecule has 1 unspecified atom stereocenters. The average molecular weight is 505 g/mol. The normalized spacial score (nSPS) is 29.4. The molecule has 2 amide bonds. The fourth-order valence-corrected chi connectivity index (χ4v) is 7.53. The Kier molecular flexibility index (Phi) is 6.37. The molecule has 5 nitrogen and oxygen atoms in total. The van der Waals surface area contributed by atoms with E-state index >= 15 is 0 Å². The van der Waals surface area contributed by atoms with E-state index in [2.05, 4.69) is 34.7 Å². The number of nitrogens with one attached hydrogen (secondary N) is 3. The number of urea groups is 1. The molecule has 5 atom stereocenters. The first-order valence-corrected chi connectivity index (χ1v) is 13.1. The number of pyridine rings is 1. The molecule has 3 N–H and O–H groups in total. The second-order valence-corrected chi connectivity index (χ2v) is 11.5. The van der Waals surface area contributed by atoms with Crippen LogP contribution in [0.25, 0.3) is 5.52 Å². The third kappa shape index (κ3) is 4.82. The molecule has 0 aromatic carbocycles. The number of aromatic nitrogens is 1. The molecule has 3 saturated carbocycles. The molecule has 2 heterocycles. The Morgan fingerprint density at radius 2 is 2.11 bits per heavy atom. The molecule has 3 fully saturated rings. The van der Waals surface area contributed by atoms with E-state index in [0.29, 0.717) is 28.5 Å². The van der Waals surface area contributed by atoms with Gasteiger partial charge in [0, 0.05) is 31.0 Å². The van der Waals surface area contributed by atoms with Gasteiger partial charge in [-0.1, -0.05) is 18.8 Å². The third-order valence-corrected chi connectivity index (χ3v) is 9.20. The van der Waals surface area contributed by atoms with E-state index in [9.17, 15) is 18.0 Å². The van der Waals surface area contributed by atoms with E-state index in [-0.39, 0.29) is 23.3 Å². The van der Waals surface area contributed by atoms with Gasteiger partial charge in [0.25, 0.3) is 0 Å². The molecule has 188 valence electrons. The van der Waals surface area contributed by atoms with E-state index in [1.165, 1.54) is 39.2 Å². The fourth-order valence-electron chi connectivity index (χ4n) is 6.83. The number of rotatable bonds is 4. The van der Waals surface area contributed by atoms with Gasteiger partial charge in [-0.15, -0.1) is 0 Å². The standard InChI is InChI=1S/C26H31F3N4OS/c1-25-10-9-16-7-8-20(18(15-25)13-19(16)25)32-21-6-4-12-33-22(21)14-17(23(33)35-26(27,28)29)5-3-11-31-24(34)30-2/h4,6,12,14,16,18-20,32H,7-11,13,15H2,1-2H3,(H2,30,31,34)/t16-,18-,19?,20-,25+/m1/s1. The number of alkyl halides is 3. The molecule has 2 aromatic heterocycles. The third-order valence-electron chi connectivity index (χ3n) is 8.36. The molecule has 0 saturated heterocycles. The molecule has 2 bridgehead atoms. The Labute approximate surface area is 208 Å². The van der Waals surface area contributed by atoms with Gasteiger partial charge in [-0.2, -0.15) is 13.2 Å². The highest BCUT2D eigenvalue weighted by Gasteiger charge is 2.54. The maximum Gasteiger partial charge on any atom is 0.447 e. The van der Waals surface area contributed by atoms with E-state index in [1.807, 2.05) is 6.07 Å². The molecule has 35 heavy (non-hydrogen) atoms. The molecule has 0 aliphatic heterocycles. The lowest BCUT2D eigenvalue weighted by molar-refractivity contribution is -0.0329. The second kappa shape index (κ2) is 9.20. The summed E-state index contributed by atoms with van der Waals surface area (Å²) < 4.78 is 41.8.